The number of hydrogen-bond donors (Lipinski definition) is 2. The van der Waals surface area contributed by atoms with Crippen LogP contribution in [0.1, 0.15) is 15.9 Å². The quantitative estimate of drug-likeness (QED) is 0.749. The van der Waals surface area contributed by atoms with E-state index in [2.05, 4.69) is 31.4 Å². The Morgan fingerprint density at radius 2 is 2.15 bits per heavy atom. The van der Waals surface area contributed by atoms with Gasteiger partial charge in [0.2, 0.25) is 0 Å². The predicted octanol–water partition coefficient (Wildman–Crippen LogP) is 3.89. The molecule has 0 unspecified atom stereocenters. The summed E-state index contributed by atoms with van der Waals surface area (Å²) in [4.78, 5) is 12.3. The predicted molar refractivity (Wildman–Crippen MR) is 82.9 cm³/mol. The Bertz CT molecular complexity index is 795. The van der Waals surface area contributed by atoms with Crippen LogP contribution in [0.4, 0.5) is 5.69 Å². The Labute approximate surface area is 124 Å². The molecule has 4 nitrogen and oxygen atoms in total. The number of benzene rings is 2. The molecule has 0 saturated carbocycles. The number of amides is 1. The lowest BCUT2D eigenvalue weighted by molar-refractivity contribution is 0.102. The highest BCUT2D eigenvalue weighted by molar-refractivity contribution is 9.10. The highest BCUT2D eigenvalue weighted by Gasteiger charge is 2.11. The summed E-state index contributed by atoms with van der Waals surface area (Å²) in [5, 5.41) is 10.7. The van der Waals surface area contributed by atoms with Crippen molar-refractivity contribution in [3.05, 3.63) is 58.2 Å². The maximum absolute atomic E-state index is 12.3. The van der Waals surface area contributed by atoms with E-state index in [4.69, 9.17) is 0 Å². The first-order chi connectivity index (χ1) is 9.65. The molecule has 0 aliphatic carbocycles. The molecule has 0 spiro atoms. The second-order valence-electron chi connectivity index (χ2n) is 4.56. The molecule has 20 heavy (non-hydrogen) atoms. The highest BCUT2D eigenvalue weighted by atomic mass is 79.9. The molecule has 0 aliphatic heterocycles. The van der Waals surface area contributed by atoms with Gasteiger partial charge in [0.15, 0.2) is 0 Å². The zero-order valence-corrected chi connectivity index (χ0v) is 12.4. The number of anilines is 1. The number of aromatic nitrogens is 2. The SMILES string of the molecule is Cc1cccc(C(=O)Nc2ccc3cn[nH]c3c2)c1Br. The number of aromatic amines is 1. The van der Waals surface area contributed by atoms with Gasteiger partial charge in [-0.05, 0) is 52.7 Å². The molecule has 3 aromatic rings. The summed E-state index contributed by atoms with van der Waals surface area (Å²) in [6, 6.07) is 11.3. The van der Waals surface area contributed by atoms with Gasteiger partial charge in [-0.2, -0.15) is 5.10 Å². The van der Waals surface area contributed by atoms with Gasteiger partial charge < -0.3 is 5.32 Å². The average Bonchev–Trinajstić information content (AvgIpc) is 2.89. The first kappa shape index (κ1) is 12.9. The molecular formula is C15H12BrN3O. The van der Waals surface area contributed by atoms with Gasteiger partial charge in [0.25, 0.3) is 5.91 Å². The Hall–Kier alpha value is -2.14. The normalized spacial score (nSPS) is 10.7. The summed E-state index contributed by atoms with van der Waals surface area (Å²) in [5.74, 6) is -0.139. The molecule has 3 rings (SSSR count). The minimum Gasteiger partial charge on any atom is -0.322 e. The van der Waals surface area contributed by atoms with Gasteiger partial charge in [-0.25, -0.2) is 0 Å². The van der Waals surface area contributed by atoms with Crippen molar-refractivity contribution in [1.29, 1.82) is 0 Å². The largest absolute Gasteiger partial charge is 0.322 e. The molecule has 0 bridgehead atoms. The summed E-state index contributed by atoms with van der Waals surface area (Å²) in [6.45, 7) is 1.96. The third-order valence-electron chi connectivity index (χ3n) is 3.14. The van der Waals surface area contributed by atoms with Crippen LogP contribution in [0.2, 0.25) is 0 Å². The monoisotopic (exact) mass is 329 g/mol. The van der Waals surface area contributed by atoms with Crippen molar-refractivity contribution in [3.63, 3.8) is 0 Å². The lowest BCUT2D eigenvalue weighted by Crippen LogP contribution is -2.12. The molecular weight excluding hydrogens is 318 g/mol. The Morgan fingerprint density at radius 3 is 3.00 bits per heavy atom. The number of nitrogens with one attached hydrogen (secondary N) is 2. The molecule has 0 radical (unpaired) electrons. The molecule has 2 aromatic carbocycles. The molecule has 0 atom stereocenters. The lowest BCUT2D eigenvalue weighted by Gasteiger charge is -2.08. The standard InChI is InChI=1S/C15H12BrN3O/c1-9-3-2-4-12(14(9)16)15(20)18-11-6-5-10-8-17-19-13(10)7-11/h2-8H,1H3,(H,17,19)(H,18,20). The van der Waals surface area contributed by atoms with Gasteiger partial charge in [0.1, 0.15) is 0 Å². The molecule has 1 heterocycles. The third kappa shape index (κ3) is 2.32. The second kappa shape index (κ2) is 5.09. The molecule has 2 N–H and O–H groups in total. The van der Waals surface area contributed by atoms with Crippen LogP contribution in [-0.4, -0.2) is 16.1 Å². The minimum absolute atomic E-state index is 0.139. The number of nitrogens with zero attached hydrogens (tertiary/aromatic N) is 1. The molecule has 100 valence electrons. The Balaban J connectivity index is 1.90. The second-order valence-corrected chi connectivity index (χ2v) is 5.36. The van der Waals surface area contributed by atoms with Crippen LogP contribution in [0.5, 0.6) is 0 Å². The van der Waals surface area contributed by atoms with Gasteiger partial charge in [0, 0.05) is 15.5 Å². The van der Waals surface area contributed by atoms with Crippen LogP contribution in [0.25, 0.3) is 10.9 Å². The fourth-order valence-corrected chi connectivity index (χ4v) is 2.48. The molecule has 1 aromatic heterocycles. The Morgan fingerprint density at radius 1 is 1.30 bits per heavy atom. The van der Waals surface area contributed by atoms with Crippen LogP contribution in [0, 0.1) is 6.92 Å². The van der Waals surface area contributed by atoms with Gasteiger partial charge in [-0.15, -0.1) is 0 Å². The molecule has 0 fully saturated rings. The smallest absolute Gasteiger partial charge is 0.256 e. The van der Waals surface area contributed by atoms with E-state index >= 15 is 0 Å². The van der Waals surface area contributed by atoms with E-state index in [0.717, 1.165) is 26.6 Å². The van der Waals surface area contributed by atoms with E-state index in [0.29, 0.717) is 5.56 Å². The van der Waals surface area contributed by atoms with E-state index < -0.39 is 0 Å². The van der Waals surface area contributed by atoms with Crippen LogP contribution in [0.3, 0.4) is 0 Å². The van der Waals surface area contributed by atoms with Crippen molar-refractivity contribution >= 4 is 38.4 Å². The minimum atomic E-state index is -0.139. The number of rotatable bonds is 2. The summed E-state index contributed by atoms with van der Waals surface area (Å²) in [5.41, 5.74) is 3.28. The lowest BCUT2D eigenvalue weighted by atomic mass is 10.1. The third-order valence-corrected chi connectivity index (χ3v) is 4.19. The molecule has 0 saturated heterocycles. The summed E-state index contributed by atoms with van der Waals surface area (Å²) in [7, 11) is 0. The summed E-state index contributed by atoms with van der Waals surface area (Å²) >= 11 is 3.45. The van der Waals surface area contributed by atoms with Gasteiger partial charge >= 0.3 is 0 Å². The maximum atomic E-state index is 12.3. The van der Waals surface area contributed by atoms with Crippen molar-refractivity contribution < 1.29 is 4.79 Å². The van der Waals surface area contributed by atoms with Crippen LogP contribution in [-0.2, 0) is 0 Å². The average molecular weight is 330 g/mol. The van der Waals surface area contributed by atoms with Crippen molar-refractivity contribution in [2.45, 2.75) is 6.92 Å². The van der Waals surface area contributed by atoms with Gasteiger partial charge in [0.05, 0.1) is 17.3 Å². The number of halogens is 1. The zero-order valence-electron chi connectivity index (χ0n) is 10.8. The van der Waals surface area contributed by atoms with Crippen LogP contribution in [0.15, 0.2) is 47.1 Å². The molecule has 1 amide bonds. The number of fused-ring (bicyclic) bond motifs is 1. The highest BCUT2D eigenvalue weighted by Crippen LogP contribution is 2.23. The van der Waals surface area contributed by atoms with Crippen molar-refractivity contribution in [2.75, 3.05) is 5.32 Å². The fraction of sp³-hybridized carbons (Fsp3) is 0.0667. The van der Waals surface area contributed by atoms with Crippen molar-refractivity contribution in [2.24, 2.45) is 0 Å². The number of carbonyl (C=O) groups excluding carboxylic acids is 1. The topological polar surface area (TPSA) is 57.8 Å². The number of aryl methyl sites for hydroxylation is 1. The van der Waals surface area contributed by atoms with Crippen LogP contribution >= 0.6 is 15.9 Å². The van der Waals surface area contributed by atoms with Gasteiger partial charge in [-0.3, -0.25) is 9.89 Å². The molecule has 0 aliphatic rings. The number of hydrogen-bond acceptors (Lipinski definition) is 2. The number of H-pyrrole nitrogens is 1. The van der Waals surface area contributed by atoms with E-state index in [-0.39, 0.29) is 5.91 Å². The van der Waals surface area contributed by atoms with E-state index in [9.17, 15) is 4.79 Å². The maximum Gasteiger partial charge on any atom is 0.256 e. The van der Waals surface area contributed by atoms with Crippen LogP contribution < -0.4 is 5.32 Å². The summed E-state index contributed by atoms with van der Waals surface area (Å²) in [6.07, 6.45) is 1.75. The van der Waals surface area contributed by atoms with E-state index in [1.54, 1.807) is 12.3 Å². The van der Waals surface area contributed by atoms with E-state index in [1.165, 1.54) is 0 Å². The fourth-order valence-electron chi connectivity index (χ4n) is 2.04. The van der Waals surface area contributed by atoms with Gasteiger partial charge in [-0.1, -0.05) is 12.1 Å². The number of carbonyl (C=O) groups is 1. The molecule has 5 heteroatoms. The van der Waals surface area contributed by atoms with E-state index in [1.807, 2.05) is 37.3 Å². The zero-order chi connectivity index (χ0) is 14.1. The van der Waals surface area contributed by atoms with Crippen molar-refractivity contribution in [3.8, 4) is 0 Å². The first-order valence-corrected chi connectivity index (χ1v) is 6.94. The first-order valence-electron chi connectivity index (χ1n) is 6.15. The van der Waals surface area contributed by atoms with Crippen molar-refractivity contribution in [1.82, 2.24) is 10.2 Å². The summed E-state index contributed by atoms with van der Waals surface area (Å²) < 4.78 is 0.820. The Kier molecular flexibility index (Phi) is 3.28.